The van der Waals surface area contributed by atoms with Crippen molar-refractivity contribution in [1.29, 1.82) is 0 Å². The minimum Gasteiger partial charge on any atom is -0.361 e. The van der Waals surface area contributed by atoms with Crippen molar-refractivity contribution in [2.45, 2.75) is 19.9 Å². The van der Waals surface area contributed by atoms with Gasteiger partial charge in [-0.15, -0.1) is 0 Å². The number of H-pyrrole nitrogens is 1. The molecule has 19 heavy (non-hydrogen) atoms. The van der Waals surface area contributed by atoms with Gasteiger partial charge in [0.1, 0.15) is 0 Å². The first-order chi connectivity index (χ1) is 9.08. The van der Waals surface area contributed by atoms with E-state index in [1.807, 2.05) is 30.5 Å². The molecule has 1 amide bonds. The van der Waals surface area contributed by atoms with Crippen LogP contribution in [-0.4, -0.2) is 42.0 Å². The van der Waals surface area contributed by atoms with Gasteiger partial charge in [0.15, 0.2) is 0 Å². The van der Waals surface area contributed by atoms with Crippen LogP contribution in [0.15, 0.2) is 30.5 Å². The summed E-state index contributed by atoms with van der Waals surface area (Å²) in [6, 6.07) is 8.16. The molecule has 102 valence electrons. The number of fused-ring (bicyclic) bond motifs is 1. The molecule has 0 aliphatic rings. The third kappa shape index (κ3) is 3.35. The van der Waals surface area contributed by atoms with Crippen LogP contribution in [0.25, 0.3) is 10.9 Å². The topological polar surface area (TPSA) is 48.1 Å². The Morgan fingerprint density at radius 2 is 2.16 bits per heavy atom. The lowest BCUT2D eigenvalue weighted by atomic mass is 10.1. The number of rotatable bonds is 5. The van der Waals surface area contributed by atoms with Crippen LogP contribution < -0.4 is 5.32 Å². The Labute approximate surface area is 113 Å². The zero-order valence-electron chi connectivity index (χ0n) is 11.7. The lowest BCUT2D eigenvalue weighted by Crippen LogP contribution is -2.36. The quantitative estimate of drug-likeness (QED) is 0.865. The second kappa shape index (κ2) is 5.89. The lowest BCUT2D eigenvalue weighted by molar-refractivity contribution is 0.0948. The molecule has 0 unspecified atom stereocenters. The van der Waals surface area contributed by atoms with E-state index in [4.69, 9.17) is 0 Å². The van der Waals surface area contributed by atoms with Crippen molar-refractivity contribution in [3.63, 3.8) is 0 Å². The Bertz CT molecular complexity index is 559. The van der Waals surface area contributed by atoms with Gasteiger partial charge < -0.3 is 15.2 Å². The number of carbonyl (C=O) groups is 1. The summed E-state index contributed by atoms with van der Waals surface area (Å²) in [5, 5.41) is 4.01. The summed E-state index contributed by atoms with van der Waals surface area (Å²) in [4.78, 5) is 17.3. The lowest BCUT2D eigenvalue weighted by Gasteiger charge is -2.20. The van der Waals surface area contributed by atoms with Gasteiger partial charge in [0.25, 0.3) is 5.91 Å². The molecule has 0 radical (unpaired) electrons. The number of aromatic amines is 1. The standard InChI is InChI=1S/C15H21N3O/c1-11(2)18(3)9-8-17-15(19)13-4-5-14-12(10-13)6-7-16-14/h4-7,10-11,16H,8-9H2,1-3H3,(H,17,19). The number of hydrogen-bond donors (Lipinski definition) is 2. The van der Waals surface area contributed by atoms with E-state index >= 15 is 0 Å². The second-order valence-electron chi connectivity index (χ2n) is 5.11. The number of nitrogens with zero attached hydrogens (tertiary/aromatic N) is 1. The van der Waals surface area contributed by atoms with Gasteiger partial charge in [-0.05, 0) is 45.2 Å². The van der Waals surface area contributed by atoms with E-state index in [0.717, 1.165) is 17.4 Å². The second-order valence-corrected chi connectivity index (χ2v) is 5.11. The largest absolute Gasteiger partial charge is 0.361 e. The maximum Gasteiger partial charge on any atom is 0.251 e. The number of benzene rings is 1. The fourth-order valence-electron chi connectivity index (χ4n) is 1.90. The number of carbonyl (C=O) groups excluding carboxylic acids is 1. The molecule has 0 aliphatic heterocycles. The normalized spacial score (nSPS) is 11.4. The maximum absolute atomic E-state index is 12.0. The van der Waals surface area contributed by atoms with Crippen molar-refractivity contribution in [2.24, 2.45) is 0 Å². The Hall–Kier alpha value is -1.81. The SMILES string of the molecule is CC(C)N(C)CCNC(=O)c1ccc2[nH]ccc2c1. The molecule has 1 aromatic heterocycles. The van der Waals surface area contributed by atoms with Gasteiger partial charge in [-0.2, -0.15) is 0 Å². The van der Waals surface area contributed by atoms with E-state index in [-0.39, 0.29) is 5.91 Å². The molecule has 0 spiro atoms. The average molecular weight is 259 g/mol. The summed E-state index contributed by atoms with van der Waals surface area (Å²) in [5.41, 5.74) is 1.76. The van der Waals surface area contributed by atoms with Crippen LogP contribution in [0.2, 0.25) is 0 Å². The van der Waals surface area contributed by atoms with Gasteiger partial charge in [-0.3, -0.25) is 4.79 Å². The molecular formula is C15H21N3O. The molecule has 4 heteroatoms. The van der Waals surface area contributed by atoms with Gasteiger partial charge in [0.2, 0.25) is 0 Å². The Kier molecular flexibility index (Phi) is 4.22. The maximum atomic E-state index is 12.0. The number of aromatic nitrogens is 1. The van der Waals surface area contributed by atoms with Crippen LogP contribution in [0.5, 0.6) is 0 Å². The summed E-state index contributed by atoms with van der Waals surface area (Å²) >= 11 is 0. The van der Waals surface area contributed by atoms with Crippen molar-refractivity contribution in [3.8, 4) is 0 Å². The van der Waals surface area contributed by atoms with Gasteiger partial charge in [-0.1, -0.05) is 0 Å². The number of likely N-dealkylation sites (N-methyl/N-ethyl adjacent to an activating group) is 1. The molecule has 1 aromatic carbocycles. The highest BCUT2D eigenvalue weighted by Gasteiger charge is 2.07. The highest BCUT2D eigenvalue weighted by molar-refractivity contribution is 5.98. The van der Waals surface area contributed by atoms with E-state index in [2.05, 4.69) is 36.1 Å². The fourth-order valence-corrected chi connectivity index (χ4v) is 1.90. The van der Waals surface area contributed by atoms with Crippen molar-refractivity contribution in [2.75, 3.05) is 20.1 Å². The Balaban J connectivity index is 1.92. The predicted octanol–water partition coefficient (Wildman–Crippen LogP) is 2.24. The summed E-state index contributed by atoms with van der Waals surface area (Å²) in [6.07, 6.45) is 1.88. The highest BCUT2D eigenvalue weighted by atomic mass is 16.1. The minimum atomic E-state index is -0.0137. The third-order valence-corrected chi connectivity index (χ3v) is 3.45. The molecule has 4 nitrogen and oxygen atoms in total. The molecule has 0 atom stereocenters. The van der Waals surface area contributed by atoms with E-state index in [0.29, 0.717) is 18.2 Å². The molecular weight excluding hydrogens is 238 g/mol. The first-order valence-corrected chi connectivity index (χ1v) is 6.63. The van der Waals surface area contributed by atoms with Crippen LogP contribution in [-0.2, 0) is 0 Å². The fraction of sp³-hybridized carbons (Fsp3) is 0.400. The van der Waals surface area contributed by atoms with Gasteiger partial charge >= 0.3 is 0 Å². The van der Waals surface area contributed by atoms with Crippen molar-refractivity contribution < 1.29 is 4.79 Å². The molecule has 2 rings (SSSR count). The van der Waals surface area contributed by atoms with Crippen LogP contribution in [0, 0.1) is 0 Å². The van der Waals surface area contributed by atoms with Crippen LogP contribution >= 0.6 is 0 Å². The molecule has 1 heterocycles. The summed E-state index contributed by atoms with van der Waals surface area (Å²) in [5.74, 6) is -0.0137. The summed E-state index contributed by atoms with van der Waals surface area (Å²) in [7, 11) is 2.06. The van der Waals surface area contributed by atoms with Crippen molar-refractivity contribution >= 4 is 16.8 Å². The van der Waals surface area contributed by atoms with Crippen LogP contribution in [0.3, 0.4) is 0 Å². The predicted molar refractivity (Wildman–Crippen MR) is 78.4 cm³/mol. The molecule has 0 bridgehead atoms. The molecule has 2 aromatic rings. The smallest absolute Gasteiger partial charge is 0.251 e. The van der Waals surface area contributed by atoms with Crippen molar-refractivity contribution in [1.82, 2.24) is 15.2 Å². The van der Waals surface area contributed by atoms with Gasteiger partial charge in [0, 0.05) is 41.8 Å². The number of hydrogen-bond acceptors (Lipinski definition) is 2. The Morgan fingerprint density at radius 1 is 1.37 bits per heavy atom. The zero-order valence-corrected chi connectivity index (χ0v) is 11.7. The molecule has 0 aliphatic carbocycles. The van der Waals surface area contributed by atoms with Crippen LogP contribution in [0.4, 0.5) is 0 Å². The first kappa shape index (κ1) is 13.6. The molecule has 0 fully saturated rings. The monoisotopic (exact) mass is 259 g/mol. The van der Waals surface area contributed by atoms with Crippen molar-refractivity contribution in [3.05, 3.63) is 36.0 Å². The molecule has 2 N–H and O–H groups in total. The van der Waals surface area contributed by atoms with Crippen LogP contribution in [0.1, 0.15) is 24.2 Å². The zero-order chi connectivity index (χ0) is 13.8. The van der Waals surface area contributed by atoms with E-state index in [9.17, 15) is 4.79 Å². The first-order valence-electron chi connectivity index (χ1n) is 6.63. The van der Waals surface area contributed by atoms with E-state index in [1.165, 1.54) is 0 Å². The summed E-state index contributed by atoms with van der Waals surface area (Å²) in [6.45, 7) is 5.80. The minimum absolute atomic E-state index is 0.0137. The number of nitrogens with one attached hydrogen (secondary N) is 2. The summed E-state index contributed by atoms with van der Waals surface area (Å²) < 4.78 is 0. The van der Waals surface area contributed by atoms with Gasteiger partial charge in [0.05, 0.1) is 0 Å². The van der Waals surface area contributed by atoms with E-state index < -0.39 is 0 Å². The van der Waals surface area contributed by atoms with E-state index in [1.54, 1.807) is 0 Å². The average Bonchev–Trinajstić information content (AvgIpc) is 2.85. The molecule has 0 saturated carbocycles. The highest BCUT2D eigenvalue weighted by Crippen LogP contribution is 2.14. The molecule has 0 saturated heterocycles. The Morgan fingerprint density at radius 3 is 2.89 bits per heavy atom. The number of amides is 1. The third-order valence-electron chi connectivity index (χ3n) is 3.45. The van der Waals surface area contributed by atoms with Gasteiger partial charge in [-0.25, -0.2) is 0 Å².